The van der Waals surface area contributed by atoms with Crippen LogP contribution in [0.25, 0.3) is 0 Å². The van der Waals surface area contributed by atoms with Gasteiger partial charge in [-0.25, -0.2) is 19.4 Å². The molecule has 1 fully saturated rings. The van der Waals surface area contributed by atoms with Crippen molar-refractivity contribution >= 4 is 31.8 Å². The Hall–Kier alpha value is -3.53. The lowest BCUT2D eigenvalue weighted by Crippen LogP contribution is -2.49. The van der Waals surface area contributed by atoms with Crippen LogP contribution in [-0.2, 0) is 27.2 Å². The van der Waals surface area contributed by atoms with E-state index in [1.54, 1.807) is 37.5 Å². The Balaban J connectivity index is 1.63. The van der Waals surface area contributed by atoms with Crippen molar-refractivity contribution in [2.24, 2.45) is 0 Å². The van der Waals surface area contributed by atoms with Gasteiger partial charge in [-0.15, -0.1) is 5.10 Å². The van der Waals surface area contributed by atoms with E-state index in [4.69, 9.17) is 9.47 Å². The van der Waals surface area contributed by atoms with Gasteiger partial charge < -0.3 is 19.3 Å². The molecule has 45 heavy (non-hydrogen) atoms. The first-order chi connectivity index (χ1) is 20.8. The quantitative estimate of drug-likeness (QED) is 0.254. The molecule has 0 radical (unpaired) electrons. The molecule has 0 atom stereocenters. The predicted octanol–water partition coefficient (Wildman–Crippen LogP) is 4.54. The van der Waals surface area contributed by atoms with Crippen LogP contribution in [0.4, 0.5) is 29.7 Å². The van der Waals surface area contributed by atoms with Crippen LogP contribution in [0.3, 0.4) is 0 Å². The zero-order valence-electron chi connectivity index (χ0n) is 27.1. The molecule has 2 aromatic rings. The Morgan fingerprint density at radius 2 is 1.67 bits per heavy atom. The van der Waals surface area contributed by atoms with E-state index in [1.165, 1.54) is 15.6 Å². The first-order valence-electron chi connectivity index (χ1n) is 14.9. The van der Waals surface area contributed by atoms with Crippen LogP contribution in [0.1, 0.15) is 44.7 Å². The highest BCUT2D eigenvalue weighted by Crippen LogP contribution is 2.28. The molecule has 12 nitrogen and oxygen atoms in total. The second-order valence-corrected chi connectivity index (χ2v) is 18.8. The maximum atomic E-state index is 13.2. The number of carbonyl (C=O) groups is 2. The van der Waals surface area contributed by atoms with Crippen molar-refractivity contribution < 1.29 is 32.2 Å². The average molecular weight is 656 g/mol. The Morgan fingerprint density at radius 3 is 2.22 bits per heavy atom. The number of ether oxygens (including phenoxy) is 2. The van der Waals surface area contributed by atoms with E-state index in [-0.39, 0.29) is 42.9 Å². The SMILES string of the molecule is Cc1cc(N(CCCC(=O)N2CCN(c3ncc(C(F)(F)F)cn3)CC2)C(=O)OC(C)(C)C)nn(COCC[Si](C)(C)C)c1=O. The maximum Gasteiger partial charge on any atom is 0.419 e. The average Bonchev–Trinajstić information content (AvgIpc) is 2.93. The van der Waals surface area contributed by atoms with E-state index < -0.39 is 31.5 Å². The fourth-order valence-electron chi connectivity index (χ4n) is 4.36. The first kappa shape index (κ1) is 35.9. The van der Waals surface area contributed by atoms with Crippen molar-refractivity contribution in [1.29, 1.82) is 0 Å². The number of hydrogen-bond donors (Lipinski definition) is 0. The second-order valence-electron chi connectivity index (χ2n) is 13.2. The van der Waals surface area contributed by atoms with Crippen molar-refractivity contribution in [2.45, 2.75) is 84.7 Å². The van der Waals surface area contributed by atoms with Crippen molar-refractivity contribution in [3.63, 3.8) is 0 Å². The maximum absolute atomic E-state index is 13.2. The molecule has 0 spiro atoms. The third-order valence-electron chi connectivity index (χ3n) is 6.89. The van der Waals surface area contributed by atoms with Crippen LogP contribution in [-0.4, -0.2) is 89.7 Å². The van der Waals surface area contributed by atoms with Crippen molar-refractivity contribution in [1.82, 2.24) is 24.6 Å². The highest BCUT2D eigenvalue weighted by molar-refractivity contribution is 6.76. The van der Waals surface area contributed by atoms with Crippen LogP contribution in [0, 0.1) is 6.92 Å². The smallest absolute Gasteiger partial charge is 0.419 e. The van der Waals surface area contributed by atoms with Gasteiger partial charge in [-0.2, -0.15) is 13.2 Å². The molecule has 0 unspecified atom stereocenters. The molecule has 1 aliphatic heterocycles. The van der Waals surface area contributed by atoms with Gasteiger partial charge in [-0.1, -0.05) is 19.6 Å². The number of hydrogen-bond acceptors (Lipinski definition) is 9. The molecule has 250 valence electrons. The molecule has 1 saturated heterocycles. The van der Waals surface area contributed by atoms with Gasteiger partial charge in [-0.3, -0.25) is 14.5 Å². The number of alkyl halides is 3. The minimum absolute atomic E-state index is 0.0534. The number of anilines is 2. The van der Waals surface area contributed by atoms with Crippen LogP contribution >= 0.6 is 0 Å². The van der Waals surface area contributed by atoms with Crippen molar-refractivity contribution in [3.8, 4) is 0 Å². The number of aryl methyl sites for hydroxylation is 1. The summed E-state index contributed by atoms with van der Waals surface area (Å²) < 4.78 is 51.0. The van der Waals surface area contributed by atoms with E-state index in [0.717, 1.165) is 18.4 Å². The lowest BCUT2D eigenvalue weighted by molar-refractivity contribution is -0.138. The number of carbonyl (C=O) groups excluding carboxylic acids is 2. The van der Waals surface area contributed by atoms with Gasteiger partial charge in [0.25, 0.3) is 5.56 Å². The molecule has 0 N–H and O–H groups in total. The Kier molecular flexibility index (Phi) is 11.7. The lowest BCUT2D eigenvalue weighted by Gasteiger charge is -2.35. The van der Waals surface area contributed by atoms with Gasteiger partial charge in [0.2, 0.25) is 11.9 Å². The number of nitrogens with zero attached hydrogens (tertiary/aromatic N) is 7. The van der Waals surface area contributed by atoms with Crippen molar-refractivity contribution in [3.05, 3.63) is 39.9 Å². The summed E-state index contributed by atoms with van der Waals surface area (Å²) in [7, 11) is -1.33. The van der Waals surface area contributed by atoms with Gasteiger partial charge >= 0.3 is 12.3 Å². The van der Waals surface area contributed by atoms with Crippen LogP contribution in [0.5, 0.6) is 0 Å². The lowest BCUT2D eigenvalue weighted by atomic mass is 10.2. The summed E-state index contributed by atoms with van der Waals surface area (Å²) in [6, 6.07) is 2.45. The summed E-state index contributed by atoms with van der Waals surface area (Å²) in [6.07, 6.45) is -3.24. The molecule has 2 amide bonds. The van der Waals surface area contributed by atoms with E-state index in [1.807, 2.05) is 0 Å². The molecule has 1 aliphatic rings. The monoisotopic (exact) mass is 655 g/mol. The topological polar surface area (TPSA) is 123 Å². The second kappa shape index (κ2) is 14.7. The fraction of sp³-hybridized carbons (Fsp3) is 0.655. The summed E-state index contributed by atoms with van der Waals surface area (Å²) in [5.41, 5.74) is -1.65. The molecule has 16 heteroatoms. The summed E-state index contributed by atoms with van der Waals surface area (Å²) in [5.74, 6) is 0.262. The Morgan fingerprint density at radius 1 is 1.04 bits per heavy atom. The summed E-state index contributed by atoms with van der Waals surface area (Å²) in [5, 5.41) is 4.40. The molecule has 0 aliphatic carbocycles. The summed E-state index contributed by atoms with van der Waals surface area (Å²) in [4.78, 5) is 51.4. The molecule has 3 rings (SSSR count). The van der Waals surface area contributed by atoms with Gasteiger partial charge in [0.15, 0.2) is 5.82 Å². The zero-order valence-corrected chi connectivity index (χ0v) is 28.1. The molecular formula is C29H44F3N7O5Si. The minimum atomic E-state index is -4.51. The van der Waals surface area contributed by atoms with E-state index in [9.17, 15) is 27.6 Å². The molecule has 0 saturated carbocycles. The van der Waals surface area contributed by atoms with E-state index >= 15 is 0 Å². The number of piperazine rings is 1. The molecule has 0 aromatic carbocycles. The fourth-order valence-corrected chi connectivity index (χ4v) is 5.11. The Bertz CT molecular complexity index is 1370. The van der Waals surface area contributed by atoms with Crippen LogP contribution in [0.2, 0.25) is 25.7 Å². The zero-order chi connectivity index (χ0) is 33.6. The highest BCUT2D eigenvalue weighted by Gasteiger charge is 2.32. The van der Waals surface area contributed by atoms with E-state index in [2.05, 4.69) is 34.7 Å². The molecule has 3 heterocycles. The van der Waals surface area contributed by atoms with Gasteiger partial charge in [-0.05, 0) is 46.2 Å². The normalized spacial score (nSPS) is 14.4. The van der Waals surface area contributed by atoms with E-state index in [0.29, 0.717) is 44.8 Å². The molecule has 2 aromatic heterocycles. The number of amides is 2. The van der Waals surface area contributed by atoms with Crippen molar-refractivity contribution in [2.75, 3.05) is 49.1 Å². The first-order valence-corrected chi connectivity index (χ1v) is 18.6. The van der Waals surface area contributed by atoms with Gasteiger partial charge in [0.1, 0.15) is 12.3 Å². The number of aromatic nitrogens is 4. The predicted molar refractivity (Wildman–Crippen MR) is 166 cm³/mol. The van der Waals surface area contributed by atoms with Gasteiger partial charge in [0, 0.05) is 71.8 Å². The largest absolute Gasteiger partial charge is 0.443 e. The third-order valence-corrected chi connectivity index (χ3v) is 8.60. The van der Waals surface area contributed by atoms with Crippen LogP contribution < -0.4 is 15.4 Å². The number of halogens is 3. The number of rotatable bonds is 11. The standard InChI is InChI=1S/C29H44F3N7O5Si/c1-21-17-23(35-39(25(21)41)20-43-15-16-45(5,6)7)38(27(42)44-28(2,3)4)10-8-9-24(40)36-11-13-37(14-12-36)26-33-18-22(19-34-26)29(30,31)32/h17-19H,8-16,20H2,1-7H3. The van der Waals surface area contributed by atoms with Crippen LogP contribution in [0.15, 0.2) is 23.3 Å². The summed E-state index contributed by atoms with van der Waals surface area (Å²) >= 11 is 0. The third kappa shape index (κ3) is 11.1. The molecular weight excluding hydrogens is 611 g/mol. The van der Waals surface area contributed by atoms with Gasteiger partial charge in [0.05, 0.1) is 5.56 Å². The molecule has 0 bridgehead atoms. The Labute approximate surface area is 262 Å². The minimum Gasteiger partial charge on any atom is -0.443 e. The summed E-state index contributed by atoms with van der Waals surface area (Å²) in [6.45, 7) is 15.5. The highest BCUT2D eigenvalue weighted by atomic mass is 28.3.